The molecule has 1 N–H and O–H groups in total. The highest BCUT2D eigenvalue weighted by molar-refractivity contribution is 7.09. The molecule has 2 aliphatic heterocycles. The van der Waals surface area contributed by atoms with E-state index in [1.807, 2.05) is 23.6 Å². The normalized spacial score (nSPS) is 20.3. The number of piperidine rings is 1. The highest BCUT2D eigenvalue weighted by atomic mass is 32.1. The maximum absolute atomic E-state index is 9.71. The molecule has 2 aliphatic rings. The Morgan fingerprint density at radius 1 is 1.04 bits per heavy atom. The lowest BCUT2D eigenvalue weighted by molar-refractivity contribution is 0.145. The number of aliphatic hydroxyl groups is 1. The number of hydrogen-bond donors (Lipinski definition) is 1. The molecule has 0 unspecified atom stereocenters. The molecule has 4 rings (SSSR count). The van der Waals surface area contributed by atoms with Crippen LogP contribution in [0.2, 0.25) is 0 Å². The van der Waals surface area contributed by atoms with Gasteiger partial charge in [-0.3, -0.25) is 4.90 Å². The monoisotopic (exact) mass is 373 g/mol. The third kappa shape index (κ3) is 4.34. The predicted octanol–water partition coefficient (Wildman–Crippen LogP) is 2.21. The molecule has 0 aliphatic carbocycles. The average molecular weight is 374 g/mol. The molecule has 0 atom stereocenters. The van der Waals surface area contributed by atoms with Gasteiger partial charge in [-0.2, -0.15) is 4.98 Å². The Kier molecular flexibility index (Phi) is 5.67. The molecular formula is C19H27N5OS. The lowest BCUT2D eigenvalue weighted by Gasteiger charge is -2.31. The molecule has 0 amide bonds. The molecule has 2 fully saturated rings. The van der Waals surface area contributed by atoms with Gasteiger partial charge in [-0.05, 0) is 36.8 Å². The second-order valence-electron chi connectivity index (χ2n) is 7.13. The summed E-state index contributed by atoms with van der Waals surface area (Å²) in [4.78, 5) is 17.9. The molecule has 2 aromatic rings. The maximum atomic E-state index is 9.71. The van der Waals surface area contributed by atoms with Crippen LogP contribution in [0, 0.1) is 0 Å². The minimum absolute atomic E-state index is 0.160. The van der Waals surface area contributed by atoms with E-state index in [0.29, 0.717) is 0 Å². The van der Waals surface area contributed by atoms with Gasteiger partial charge in [0.05, 0.1) is 6.10 Å². The number of nitrogens with zero attached hydrogens (tertiary/aromatic N) is 5. The molecule has 2 saturated heterocycles. The van der Waals surface area contributed by atoms with Crippen LogP contribution in [0.15, 0.2) is 29.8 Å². The number of hydrogen-bond acceptors (Lipinski definition) is 7. The SMILES string of the molecule is OC1CCN(c2ccnc(N3CCCN(Cc4cccs4)CC3)n2)CC1. The quantitative estimate of drug-likeness (QED) is 0.887. The minimum Gasteiger partial charge on any atom is -0.393 e. The number of anilines is 2. The molecule has 0 radical (unpaired) electrons. The Hall–Kier alpha value is -1.70. The van der Waals surface area contributed by atoms with Crippen molar-refractivity contribution in [3.05, 3.63) is 34.7 Å². The van der Waals surface area contributed by atoms with Crippen molar-refractivity contribution in [2.24, 2.45) is 0 Å². The van der Waals surface area contributed by atoms with Crippen LogP contribution in [0.3, 0.4) is 0 Å². The first-order valence-corrected chi connectivity index (χ1v) is 10.4. The molecule has 26 heavy (non-hydrogen) atoms. The summed E-state index contributed by atoms with van der Waals surface area (Å²) in [7, 11) is 0. The van der Waals surface area contributed by atoms with E-state index >= 15 is 0 Å². The van der Waals surface area contributed by atoms with Gasteiger partial charge in [0.2, 0.25) is 5.95 Å². The van der Waals surface area contributed by atoms with Gasteiger partial charge in [0.15, 0.2) is 0 Å². The van der Waals surface area contributed by atoms with E-state index in [1.165, 1.54) is 4.88 Å². The number of aromatic nitrogens is 2. The van der Waals surface area contributed by atoms with Crippen LogP contribution in [-0.2, 0) is 6.54 Å². The summed E-state index contributed by atoms with van der Waals surface area (Å²) in [5, 5.41) is 11.9. The fraction of sp³-hybridized carbons (Fsp3) is 0.579. The van der Waals surface area contributed by atoms with Gasteiger partial charge in [-0.1, -0.05) is 6.07 Å². The highest BCUT2D eigenvalue weighted by Gasteiger charge is 2.21. The Morgan fingerprint density at radius 3 is 2.73 bits per heavy atom. The van der Waals surface area contributed by atoms with Crippen LogP contribution < -0.4 is 9.80 Å². The number of aliphatic hydroxyl groups excluding tert-OH is 1. The van der Waals surface area contributed by atoms with E-state index in [9.17, 15) is 5.11 Å². The Morgan fingerprint density at radius 2 is 1.92 bits per heavy atom. The number of rotatable bonds is 4. The average Bonchev–Trinajstić information content (AvgIpc) is 3.07. The van der Waals surface area contributed by atoms with Crippen molar-refractivity contribution >= 4 is 23.1 Å². The first kappa shape index (κ1) is 17.7. The van der Waals surface area contributed by atoms with Crippen molar-refractivity contribution in [3.8, 4) is 0 Å². The van der Waals surface area contributed by atoms with E-state index in [0.717, 1.165) is 76.8 Å². The van der Waals surface area contributed by atoms with Gasteiger partial charge in [0.1, 0.15) is 5.82 Å². The fourth-order valence-corrected chi connectivity index (χ4v) is 4.46. The van der Waals surface area contributed by atoms with E-state index in [-0.39, 0.29) is 6.10 Å². The van der Waals surface area contributed by atoms with Gasteiger partial charge in [0, 0.05) is 56.9 Å². The van der Waals surface area contributed by atoms with Gasteiger partial charge >= 0.3 is 0 Å². The van der Waals surface area contributed by atoms with Crippen molar-refractivity contribution in [2.45, 2.75) is 31.9 Å². The summed E-state index contributed by atoms with van der Waals surface area (Å²) in [6.45, 7) is 6.91. The van der Waals surface area contributed by atoms with Gasteiger partial charge in [-0.25, -0.2) is 4.98 Å². The fourth-order valence-electron chi connectivity index (χ4n) is 3.71. The van der Waals surface area contributed by atoms with Crippen LogP contribution in [0.4, 0.5) is 11.8 Å². The highest BCUT2D eigenvalue weighted by Crippen LogP contribution is 2.21. The van der Waals surface area contributed by atoms with Crippen LogP contribution in [0.5, 0.6) is 0 Å². The topological polar surface area (TPSA) is 55.7 Å². The molecule has 0 aromatic carbocycles. The predicted molar refractivity (Wildman–Crippen MR) is 106 cm³/mol. The zero-order chi connectivity index (χ0) is 17.8. The largest absolute Gasteiger partial charge is 0.393 e. The summed E-state index contributed by atoms with van der Waals surface area (Å²) in [5.74, 6) is 1.83. The molecule has 0 saturated carbocycles. The molecule has 4 heterocycles. The summed E-state index contributed by atoms with van der Waals surface area (Å²) in [6, 6.07) is 6.33. The number of thiophene rings is 1. The van der Waals surface area contributed by atoms with E-state index in [1.54, 1.807) is 0 Å². The summed E-state index contributed by atoms with van der Waals surface area (Å²) in [5.41, 5.74) is 0. The third-order valence-corrected chi connectivity index (χ3v) is 6.11. The lowest BCUT2D eigenvalue weighted by atomic mass is 10.1. The summed E-state index contributed by atoms with van der Waals surface area (Å²) in [6.07, 6.45) is 4.49. The van der Waals surface area contributed by atoms with E-state index in [4.69, 9.17) is 4.98 Å². The minimum atomic E-state index is -0.160. The Labute approximate surface area is 159 Å². The lowest BCUT2D eigenvalue weighted by Crippen LogP contribution is -2.37. The van der Waals surface area contributed by atoms with Crippen molar-refractivity contribution in [1.82, 2.24) is 14.9 Å². The zero-order valence-corrected chi connectivity index (χ0v) is 15.9. The molecule has 0 spiro atoms. The van der Waals surface area contributed by atoms with Crippen molar-refractivity contribution in [3.63, 3.8) is 0 Å². The molecule has 2 aromatic heterocycles. The molecular weight excluding hydrogens is 346 g/mol. The van der Waals surface area contributed by atoms with E-state index < -0.39 is 0 Å². The first-order chi connectivity index (χ1) is 12.8. The second-order valence-corrected chi connectivity index (χ2v) is 8.16. The molecule has 140 valence electrons. The summed E-state index contributed by atoms with van der Waals surface area (Å²) >= 11 is 1.84. The Balaban J connectivity index is 1.39. The van der Waals surface area contributed by atoms with E-state index in [2.05, 4.69) is 37.2 Å². The molecule has 6 nitrogen and oxygen atoms in total. The standard InChI is InChI=1S/C19H27N5OS/c25-16-5-10-23(11-6-16)18-4-7-20-19(21-18)24-9-2-8-22(12-13-24)15-17-3-1-14-26-17/h1,3-4,7,14,16,25H,2,5-6,8-13,15H2. The van der Waals surface area contributed by atoms with Crippen molar-refractivity contribution in [1.29, 1.82) is 0 Å². The van der Waals surface area contributed by atoms with Crippen LogP contribution in [-0.4, -0.2) is 65.3 Å². The van der Waals surface area contributed by atoms with Crippen LogP contribution in [0.1, 0.15) is 24.1 Å². The first-order valence-electron chi connectivity index (χ1n) is 9.54. The molecule has 7 heteroatoms. The second kappa shape index (κ2) is 8.33. The van der Waals surface area contributed by atoms with Crippen LogP contribution >= 0.6 is 11.3 Å². The van der Waals surface area contributed by atoms with Crippen LogP contribution in [0.25, 0.3) is 0 Å². The summed E-state index contributed by atoms with van der Waals surface area (Å²) < 4.78 is 0. The van der Waals surface area contributed by atoms with Crippen molar-refractivity contribution < 1.29 is 5.11 Å². The zero-order valence-electron chi connectivity index (χ0n) is 15.1. The maximum Gasteiger partial charge on any atom is 0.227 e. The van der Waals surface area contributed by atoms with Gasteiger partial charge in [0.25, 0.3) is 0 Å². The third-order valence-electron chi connectivity index (χ3n) is 5.25. The van der Waals surface area contributed by atoms with Gasteiger partial charge < -0.3 is 14.9 Å². The molecule has 0 bridgehead atoms. The van der Waals surface area contributed by atoms with Gasteiger partial charge in [-0.15, -0.1) is 11.3 Å². The Bertz CT molecular complexity index is 687. The smallest absolute Gasteiger partial charge is 0.227 e. The van der Waals surface area contributed by atoms with Crippen molar-refractivity contribution in [2.75, 3.05) is 49.1 Å².